The maximum Gasteiger partial charge on any atom is 0.318 e. The molecule has 1 fully saturated rings. The fourth-order valence-corrected chi connectivity index (χ4v) is 4.41. The van der Waals surface area contributed by atoms with E-state index in [1.807, 2.05) is 37.8 Å². The minimum atomic E-state index is -0.341. The highest BCUT2D eigenvalue weighted by molar-refractivity contribution is 5.79. The van der Waals surface area contributed by atoms with Crippen LogP contribution in [0, 0.1) is 5.92 Å². The van der Waals surface area contributed by atoms with Crippen molar-refractivity contribution in [1.29, 1.82) is 0 Å². The Morgan fingerprint density at radius 2 is 1.73 bits per heavy atom. The Morgan fingerprint density at radius 1 is 1.10 bits per heavy atom. The first-order valence-electron chi connectivity index (χ1n) is 10.8. The van der Waals surface area contributed by atoms with E-state index in [4.69, 9.17) is 9.47 Å². The number of benzene rings is 1. The van der Waals surface area contributed by atoms with Gasteiger partial charge in [-0.25, -0.2) is 4.79 Å². The van der Waals surface area contributed by atoms with Gasteiger partial charge < -0.3 is 25.0 Å². The summed E-state index contributed by atoms with van der Waals surface area (Å²) in [6, 6.07) is 3.54. The molecular weight excluding hydrogens is 382 g/mol. The molecule has 1 heterocycles. The van der Waals surface area contributed by atoms with Crippen LogP contribution in [0.3, 0.4) is 0 Å². The molecule has 30 heavy (non-hydrogen) atoms. The second kappa shape index (κ2) is 9.14. The molecule has 2 N–H and O–H groups in total. The maximum absolute atomic E-state index is 13.1. The summed E-state index contributed by atoms with van der Waals surface area (Å²) in [5, 5.41) is 6.18. The van der Waals surface area contributed by atoms with E-state index < -0.39 is 0 Å². The predicted octanol–water partition coefficient (Wildman–Crippen LogP) is 3.42. The van der Waals surface area contributed by atoms with E-state index in [0.717, 1.165) is 43.2 Å². The Bertz CT molecular complexity index is 781. The SMILES string of the molecule is COc1cc2c(cc1OC)[C@@H](CNC(=O)C1CCCC1)N(C(=O)NC(C)(C)C)CC2. The van der Waals surface area contributed by atoms with Crippen molar-refractivity contribution in [3.63, 3.8) is 0 Å². The van der Waals surface area contributed by atoms with Crippen LogP contribution >= 0.6 is 0 Å². The summed E-state index contributed by atoms with van der Waals surface area (Å²) in [7, 11) is 3.23. The van der Waals surface area contributed by atoms with Crippen LogP contribution in [-0.4, -0.2) is 49.7 Å². The lowest BCUT2D eigenvalue weighted by molar-refractivity contribution is -0.125. The second-order valence-electron chi connectivity index (χ2n) is 9.27. The molecule has 0 unspecified atom stereocenters. The number of carbonyl (C=O) groups is 2. The van der Waals surface area contributed by atoms with E-state index in [2.05, 4.69) is 10.6 Å². The van der Waals surface area contributed by atoms with Crippen LogP contribution in [0.25, 0.3) is 0 Å². The third-order valence-corrected chi connectivity index (χ3v) is 5.94. The van der Waals surface area contributed by atoms with Gasteiger partial charge in [-0.15, -0.1) is 0 Å². The zero-order valence-corrected chi connectivity index (χ0v) is 18.8. The van der Waals surface area contributed by atoms with Gasteiger partial charge in [0.1, 0.15) is 0 Å². The summed E-state index contributed by atoms with van der Waals surface area (Å²) in [5.41, 5.74) is 1.77. The molecule has 1 aliphatic carbocycles. The summed E-state index contributed by atoms with van der Waals surface area (Å²) < 4.78 is 11.0. The molecule has 1 saturated carbocycles. The van der Waals surface area contributed by atoms with E-state index >= 15 is 0 Å². The first-order chi connectivity index (χ1) is 14.2. The summed E-state index contributed by atoms with van der Waals surface area (Å²) in [6.45, 7) is 6.86. The first-order valence-corrected chi connectivity index (χ1v) is 10.8. The fourth-order valence-electron chi connectivity index (χ4n) is 4.41. The highest BCUT2D eigenvalue weighted by atomic mass is 16.5. The van der Waals surface area contributed by atoms with Crippen LogP contribution in [0.1, 0.15) is 63.6 Å². The minimum absolute atomic E-state index is 0.0929. The number of nitrogens with zero attached hydrogens (tertiary/aromatic N) is 1. The van der Waals surface area contributed by atoms with E-state index in [9.17, 15) is 9.59 Å². The molecule has 1 aromatic carbocycles. The van der Waals surface area contributed by atoms with Gasteiger partial charge in [0.05, 0.1) is 20.3 Å². The van der Waals surface area contributed by atoms with Crippen LogP contribution in [0.4, 0.5) is 4.79 Å². The van der Waals surface area contributed by atoms with Crippen molar-refractivity contribution < 1.29 is 19.1 Å². The Kier molecular flexibility index (Phi) is 6.78. The summed E-state index contributed by atoms with van der Waals surface area (Å²) in [5.74, 6) is 1.49. The third kappa shape index (κ3) is 4.99. The van der Waals surface area contributed by atoms with Crippen molar-refractivity contribution in [2.24, 2.45) is 5.92 Å². The molecule has 1 aliphatic heterocycles. The number of nitrogens with one attached hydrogen (secondary N) is 2. The number of hydrogen-bond donors (Lipinski definition) is 2. The predicted molar refractivity (Wildman–Crippen MR) is 116 cm³/mol. The Labute approximate surface area is 179 Å². The molecule has 7 nitrogen and oxygen atoms in total. The molecule has 166 valence electrons. The van der Waals surface area contributed by atoms with Gasteiger partial charge in [-0.05, 0) is 63.3 Å². The molecule has 2 aliphatic rings. The lowest BCUT2D eigenvalue weighted by Crippen LogP contribution is -2.53. The number of urea groups is 1. The quantitative estimate of drug-likeness (QED) is 0.769. The normalized spacial score (nSPS) is 19.2. The van der Waals surface area contributed by atoms with Crippen LogP contribution in [0.2, 0.25) is 0 Å². The molecule has 0 aromatic heterocycles. The van der Waals surface area contributed by atoms with Gasteiger partial charge in [-0.3, -0.25) is 4.79 Å². The molecule has 3 amide bonds. The molecule has 0 bridgehead atoms. The number of ether oxygens (including phenoxy) is 2. The van der Waals surface area contributed by atoms with E-state index in [1.165, 1.54) is 0 Å². The largest absolute Gasteiger partial charge is 0.493 e. The van der Waals surface area contributed by atoms with E-state index in [0.29, 0.717) is 24.6 Å². The summed E-state index contributed by atoms with van der Waals surface area (Å²) in [4.78, 5) is 27.5. The Balaban J connectivity index is 1.88. The van der Waals surface area contributed by atoms with Crippen molar-refractivity contribution in [2.75, 3.05) is 27.3 Å². The number of fused-ring (bicyclic) bond motifs is 1. The average molecular weight is 418 g/mol. The van der Waals surface area contributed by atoms with Crippen molar-refractivity contribution in [1.82, 2.24) is 15.5 Å². The number of amides is 3. The Morgan fingerprint density at radius 3 is 2.33 bits per heavy atom. The highest BCUT2D eigenvalue weighted by Gasteiger charge is 2.34. The molecule has 1 atom stereocenters. The van der Waals surface area contributed by atoms with Gasteiger partial charge >= 0.3 is 6.03 Å². The zero-order chi connectivity index (χ0) is 21.9. The van der Waals surface area contributed by atoms with Gasteiger partial charge in [0.15, 0.2) is 11.5 Å². The molecule has 0 saturated heterocycles. The van der Waals surface area contributed by atoms with Crippen LogP contribution in [0.15, 0.2) is 12.1 Å². The van der Waals surface area contributed by atoms with Gasteiger partial charge in [0, 0.05) is 24.5 Å². The lowest BCUT2D eigenvalue weighted by atomic mass is 9.91. The standard InChI is InChI=1S/C23H35N3O4/c1-23(2,3)25-22(28)26-11-10-16-12-19(29-4)20(30-5)13-17(16)18(26)14-24-21(27)15-8-6-7-9-15/h12-13,15,18H,6-11,14H2,1-5H3,(H,24,27)(H,25,28)/t18-/m1/s1. The van der Waals surface area contributed by atoms with Gasteiger partial charge in [0.25, 0.3) is 0 Å². The second-order valence-corrected chi connectivity index (χ2v) is 9.27. The number of hydrogen-bond acceptors (Lipinski definition) is 4. The first kappa shape index (κ1) is 22.2. The third-order valence-electron chi connectivity index (χ3n) is 5.94. The smallest absolute Gasteiger partial charge is 0.318 e. The maximum atomic E-state index is 13.1. The fraction of sp³-hybridized carbons (Fsp3) is 0.652. The van der Waals surface area contributed by atoms with Crippen molar-refractivity contribution >= 4 is 11.9 Å². The lowest BCUT2D eigenvalue weighted by Gasteiger charge is -2.39. The van der Waals surface area contributed by atoms with Crippen LogP contribution < -0.4 is 20.1 Å². The van der Waals surface area contributed by atoms with Crippen molar-refractivity contribution in [2.45, 2.75) is 64.5 Å². The monoisotopic (exact) mass is 417 g/mol. The molecule has 0 spiro atoms. The number of rotatable bonds is 5. The molecule has 0 radical (unpaired) electrons. The van der Waals surface area contributed by atoms with Gasteiger partial charge in [0.2, 0.25) is 5.91 Å². The molecular formula is C23H35N3O4. The van der Waals surface area contributed by atoms with E-state index in [-0.39, 0.29) is 29.4 Å². The van der Waals surface area contributed by atoms with Crippen molar-refractivity contribution in [3.05, 3.63) is 23.3 Å². The number of carbonyl (C=O) groups excluding carboxylic acids is 2. The van der Waals surface area contributed by atoms with Crippen molar-refractivity contribution in [3.8, 4) is 11.5 Å². The summed E-state index contributed by atoms with van der Waals surface area (Å²) in [6.07, 6.45) is 4.85. The molecule has 3 rings (SSSR count). The average Bonchev–Trinajstić information content (AvgIpc) is 3.24. The van der Waals surface area contributed by atoms with Gasteiger partial charge in [-0.1, -0.05) is 12.8 Å². The topological polar surface area (TPSA) is 79.9 Å². The molecule has 1 aromatic rings. The van der Waals surface area contributed by atoms with Crippen LogP contribution in [0.5, 0.6) is 11.5 Å². The number of methoxy groups -OCH3 is 2. The zero-order valence-electron chi connectivity index (χ0n) is 18.8. The summed E-state index contributed by atoms with van der Waals surface area (Å²) >= 11 is 0. The highest BCUT2D eigenvalue weighted by Crippen LogP contribution is 2.38. The van der Waals surface area contributed by atoms with E-state index in [1.54, 1.807) is 14.2 Å². The minimum Gasteiger partial charge on any atom is -0.493 e. The molecule has 7 heteroatoms. The van der Waals surface area contributed by atoms with Gasteiger partial charge in [-0.2, -0.15) is 0 Å². The Hall–Kier alpha value is -2.44. The van der Waals surface area contributed by atoms with Crippen LogP contribution in [-0.2, 0) is 11.2 Å².